The maximum atomic E-state index is 12.7. The van der Waals surface area contributed by atoms with E-state index in [9.17, 15) is 13.2 Å². The van der Waals surface area contributed by atoms with Crippen LogP contribution in [0.15, 0.2) is 58.3 Å². The first-order valence-electron chi connectivity index (χ1n) is 10.5. The SMILES string of the molecule is CSc1ccc(S(=O)(=O)N(C)CC(=O)NCc2ccc(N3CCC[C@@H](C)C3)cc2)cc1. The Balaban J connectivity index is 1.52. The minimum absolute atomic E-state index is 0.184. The first-order chi connectivity index (χ1) is 14.8. The van der Waals surface area contributed by atoms with Crippen LogP contribution in [0.1, 0.15) is 25.3 Å². The summed E-state index contributed by atoms with van der Waals surface area (Å²) in [6.45, 7) is 4.59. The van der Waals surface area contributed by atoms with Crippen molar-refractivity contribution >= 4 is 33.4 Å². The summed E-state index contributed by atoms with van der Waals surface area (Å²) in [6, 6.07) is 14.9. The molecule has 0 aromatic heterocycles. The predicted molar refractivity (Wildman–Crippen MR) is 127 cm³/mol. The first kappa shape index (κ1) is 23.6. The van der Waals surface area contributed by atoms with Crippen LogP contribution in [0.3, 0.4) is 0 Å². The molecule has 0 aliphatic carbocycles. The Morgan fingerprint density at radius 1 is 1.16 bits per heavy atom. The van der Waals surface area contributed by atoms with Gasteiger partial charge in [-0.1, -0.05) is 19.1 Å². The van der Waals surface area contributed by atoms with Crippen molar-refractivity contribution in [1.29, 1.82) is 0 Å². The molecular weight excluding hydrogens is 430 g/mol. The second kappa shape index (κ2) is 10.5. The number of hydrogen-bond donors (Lipinski definition) is 1. The molecule has 31 heavy (non-hydrogen) atoms. The number of hydrogen-bond acceptors (Lipinski definition) is 5. The molecule has 0 saturated carbocycles. The number of rotatable bonds is 8. The smallest absolute Gasteiger partial charge is 0.243 e. The van der Waals surface area contributed by atoms with E-state index in [0.29, 0.717) is 12.5 Å². The number of likely N-dealkylation sites (N-methyl/N-ethyl adjacent to an activating group) is 1. The summed E-state index contributed by atoms with van der Waals surface area (Å²) in [5.41, 5.74) is 2.19. The van der Waals surface area contributed by atoms with Gasteiger partial charge in [-0.15, -0.1) is 11.8 Å². The van der Waals surface area contributed by atoms with Gasteiger partial charge in [0.2, 0.25) is 15.9 Å². The van der Waals surface area contributed by atoms with Gasteiger partial charge in [-0.2, -0.15) is 4.31 Å². The van der Waals surface area contributed by atoms with Crippen molar-refractivity contribution < 1.29 is 13.2 Å². The van der Waals surface area contributed by atoms with Gasteiger partial charge in [0, 0.05) is 37.3 Å². The Kier molecular flexibility index (Phi) is 8.02. The van der Waals surface area contributed by atoms with Crippen LogP contribution in [0.2, 0.25) is 0 Å². The minimum Gasteiger partial charge on any atom is -0.371 e. The third-order valence-corrected chi connectivity index (χ3v) is 8.14. The zero-order valence-corrected chi connectivity index (χ0v) is 20.0. The molecule has 2 aromatic carbocycles. The van der Waals surface area contributed by atoms with Gasteiger partial charge in [-0.05, 0) is 67.0 Å². The molecule has 1 aliphatic rings. The van der Waals surface area contributed by atoms with E-state index >= 15 is 0 Å². The summed E-state index contributed by atoms with van der Waals surface area (Å²) < 4.78 is 26.5. The van der Waals surface area contributed by atoms with E-state index in [0.717, 1.165) is 27.9 Å². The summed E-state index contributed by atoms with van der Waals surface area (Å²) in [5, 5.41) is 2.82. The van der Waals surface area contributed by atoms with Crippen LogP contribution in [0.5, 0.6) is 0 Å². The number of benzene rings is 2. The Bertz CT molecular complexity index is 976. The van der Waals surface area contributed by atoms with Gasteiger partial charge in [-0.3, -0.25) is 4.79 Å². The summed E-state index contributed by atoms with van der Waals surface area (Å²) in [5.74, 6) is 0.380. The molecule has 3 rings (SSSR count). The molecule has 0 bridgehead atoms. The molecule has 2 aromatic rings. The molecular formula is C23H31N3O3S2. The molecule has 0 spiro atoms. The van der Waals surface area contributed by atoms with Crippen LogP contribution >= 0.6 is 11.8 Å². The second-order valence-electron chi connectivity index (χ2n) is 8.07. The molecule has 1 aliphatic heterocycles. The molecule has 0 unspecified atom stereocenters. The number of nitrogens with one attached hydrogen (secondary N) is 1. The van der Waals surface area contributed by atoms with Gasteiger partial charge in [-0.25, -0.2) is 8.42 Å². The lowest BCUT2D eigenvalue weighted by Gasteiger charge is -2.32. The van der Waals surface area contributed by atoms with Crippen LogP contribution in [-0.4, -0.2) is 51.6 Å². The van der Waals surface area contributed by atoms with Crippen LogP contribution in [0.4, 0.5) is 5.69 Å². The third kappa shape index (κ3) is 6.24. The van der Waals surface area contributed by atoms with E-state index in [-0.39, 0.29) is 17.3 Å². The van der Waals surface area contributed by atoms with Crippen molar-refractivity contribution in [1.82, 2.24) is 9.62 Å². The van der Waals surface area contributed by atoms with Gasteiger partial charge in [0.1, 0.15) is 0 Å². The number of anilines is 1. The number of carbonyl (C=O) groups is 1. The van der Waals surface area contributed by atoms with E-state index in [4.69, 9.17) is 0 Å². The van der Waals surface area contributed by atoms with Gasteiger partial charge in [0.05, 0.1) is 11.4 Å². The van der Waals surface area contributed by atoms with Gasteiger partial charge in [0.25, 0.3) is 0 Å². The molecule has 0 radical (unpaired) electrons. The fraction of sp³-hybridized carbons (Fsp3) is 0.435. The van der Waals surface area contributed by atoms with E-state index in [1.165, 1.54) is 25.6 Å². The lowest BCUT2D eigenvalue weighted by atomic mass is 9.99. The van der Waals surface area contributed by atoms with Crippen molar-refractivity contribution in [3.63, 3.8) is 0 Å². The Morgan fingerprint density at radius 3 is 2.45 bits per heavy atom. The lowest BCUT2D eigenvalue weighted by molar-refractivity contribution is -0.121. The zero-order chi connectivity index (χ0) is 22.4. The summed E-state index contributed by atoms with van der Waals surface area (Å²) in [7, 11) is -2.28. The first-order valence-corrected chi connectivity index (χ1v) is 13.2. The molecule has 1 N–H and O–H groups in total. The van der Waals surface area contributed by atoms with Crippen molar-refractivity contribution in [2.75, 3.05) is 37.8 Å². The molecule has 1 fully saturated rings. The van der Waals surface area contributed by atoms with E-state index in [1.807, 2.05) is 18.4 Å². The largest absolute Gasteiger partial charge is 0.371 e. The molecule has 1 heterocycles. The van der Waals surface area contributed by atoms with Crippen LogP contribution < -0.4 is 10.2 Å². The number of nitrogens with zero attached hydrogens (tertiary/aromatic N) is 2. The van der Waals surface area contributed by atoms with Crippen LogP contribution in [-0.2, 0) is 21.4 Å². The van der Waals surface area contributed by atoms with E-state index in [1.54, 1.807) is 36.0 Å². The Morgan fingerprint density at radius 2 is 1.84 bits per heavy atom. The predicted octanol–water partition coefficient (Wildman–Crippen LogP) is 3.58. The standard InChI is InChI=1S/C23H31N3O3S2/c1-18-5-4-14-26(16-18)20-8-6-19(7-9-20)15-24-23(27)17-25(2)31(28,29)22-12-10-21(30-3)11-13-22/h6-13,18H,4-5,14-17H2,1-3H3,(H,24,27)/t18-/m1/s1. The summed E-state index contributed by atoms with van der Waals surface area (Å²) in [4.78, 5) is 15.9. The summed E-state index contributed by atoms with van der Waals surface area (Å²) >= 11 is 1.55. The van der Waals surface area contributed by atoms with Crippen LogP contribution in [0.25, 0.3) is 0 Å². The highest BCUT2D eigenvalue weighted by atomic mass is 32.2. The van der Waals surface area contributed by atoms with Crippen molar-refractivity contribution in [2.45, 2.75) is 36.1 Å². The van der Waals surface area contributed by atoms with Gasteiger partial charge in [0.15, 0.2) is 0 Å². The topological polar surface area (TPSA) is 69.7 Å². The number of amides is 1. The molecule has 168 valence electrons. The average Bonchev–Trinajstić information content (AvgIpc) is 2.78. The van der Waals surface area contributed by atoms with Crippen molar-refractivity contribution in [3.8, 4) is 0 Å². The lowest BCUT2D eigenvalue weighted by Crippen LogP contribution is -2.38. The monoisotopic (exact) mass is 461 g/mol. The Labute approximate surface area is 190 Å². The molecule has 1 saturated heterocycles. The summed E-state index contributed by atoms with van der Waals surface area (Å²) in [6.07, 6.45) is 4.44. The molecule has 1 amide bonds. The number of piperidine rings is 1. The highest BCUT2D eigenvalue weighted by Gasteiger charge is 2.23. The van der Waals surface area contributed by atoms with Gasteiger partial charge < -0.3 is 10.2 Å². The quantitative estimate of drug-likeness (QED) is 0.609. The van der Waals surface area contributed by atoms with Crippen LogP contribution in [0, 0.1) is 5.92 Å². The van der Waals surface area contributed by atoms with Gasteiger partial charge >= 0.3 is 0 Å². The Hall–Kier alpha value is -2.03. The highest BCUT2D eigenvalue weighted by molar-refractivity contribution is 7.98. The fourth-order valence-electron chi connectivity index (χ4n) is 3.72. The minimum atomic E-state index is -3.71. The molecule has 8 heteroatoms. The third-order valence-electron chi connectivity index (χ3n) is 5.58. The van der Waals surface area contributed by atoms with E-state index in [2.05, 4.69) is 29.3 Å². The maximum Gasteiger partial charge on any atom is 0.243 e. The van der Waals surface area contributed by atoms with Crippen molar-refractivity contribution in [3.05, 3.63) is 54.1 Å². The number of sulfonamides is 1. The van der Waals surface area contributed by atoms with Crippen molar-refractivity contribution in [2.24, 2.45) is 5.92 Å². The molecule has 1 atom stereocenters. The fourth-order valence-corrected chi connectivity index (χ4v) is 5.26. The highest BCUT2D eigenvalue weighted by Crippen LogP contribution is 2.23. The average molecular weight is 462 g/mol. The maximum absolute atomic E-state index is 12.7. The zero-order valence-electron chi connectivity index (χ0n) is 18.4. The normalized spacial score (nSPS) is 17.0. The molecule has 6 nitrogen and oxygen atoms in total. The number of thioether (sulfide) groups is 1. The van der Waals surface area contributed by atoms with E-state index < -0.39 is 10.0 Å². The second-order valence-corrected chi connectivity index (χ2v) is 11.0. The number of carbonyl (C=O) groups excluding carboxylic acids is 1.